The van der Waals surface area contributed by atoms with Crippen molar-refractivity contribution in [2.24, 2.45) is 11.7 Å². The van der Waals surface area contributed by atoms with E-state index in [0.29, 0.717) is 6.61 Å². The van der Waals surface area contributed by atoms with Crippen LogP contribution in [0.2, 0.25) is 0 Å². The van der Waals surface area contributed by atoms with Gasteiger partial charge in [0, 0.05) is 5.92 Å². The number of fused-ring (bicyclic) bond motifs is 3. The molecule has 0 aromatic heterocycles. The number of nitrogens with two attached hydrogens (primary N) is 1. The number of rotatable bonds is 5. The zero-order chi connectivity index (χ0) is 16.4. The highest BCUT2D eigenvalue weighted by atomic mass is 16.5. The largest absolute Gasteiger partial charge is 0.464 e. The van der Waals surface area contributed by atoms with Gasteiger partial charge in [-0.3, -0.25) is 4.79 Å². The molecule has 2 atom stereocenters. The Labute approximate surface area is 137 Å². The number of hydrogen-bond acceptors (Lipinski definition) is 3. The minimum atomic E-state index is -0.549. The predicted octanol–water partition coefficient (Wildman–Crippen LogP) is 3.72. The van der Waals surface area contributed by atoms with Gasteiger partial charge in [0.1, 0.15) is 12.6 Å². The Bertz CT molecular complexity index is 665. The lowest BCUT2D eigenvalue weighted by atomic mass is 9.97. The number of ether oxygens (including phenoxy) is 1. The molecule has 0 spiro atoms. The fourth-order valence-electron chi connectivity index (χ4n) is 3.19. The average Bonchev–Trinajstić information content (AvgIpc) is 2.92. The zero-order valence-corrected chi connectivity index (χ0v) is 13.7. The summed E-state index contributed by atoms with van der Waals surface area (Å²) >= 11 is 0. The lowest BCUT2D eigenvalue weighted by Gasteiger charge is -2.19. The first-order valence-electron chi connectivity index (χ1n) is 8.24. The number of carbonyl (C=O) groups is 1. The molecular weight excluding hydrogens is 286 g/mol. The Kier molecular flexibility index (Phi) is 4.49. The van der Waals surface area contributed by atoms with Crippen LogP contribution in [0.25, 0.3) is 11.1 Å². The molecule has 0 saturated carbocycles. The number of esters is 1. The number of hydrogen-bond donors (Lipinski definition) is 1. The highest BCUT2D eigenvalue weighted by Gasteiger charge is 2.30. The molecule has 2 aromatic carbocycles. The first-order valence-corrected chi connectivity index (χ1v) is 8.24. The maximum absolute atomic E-state index is 12.2. The van der Waals surface area contributed by atoms with Gasteiger partial charge in [-0.25, -0.2) is 0 Å². The van der Waals surface area contributed by atoms with Crippen LogP contribution in [0, 0.1) is 5.92 Å². The monoisotopic (exact) mass is 309 g/mol. The molecule has 0 unspecified atom stereocenters. The van der Waals surface area contributed by atoms with Crippen molar-refractivity contribution < 1.29 is 9.53 Å². The minimum absolute atomic E-state index is 0.0930. The van der Waals surface area contributed by atoms with Gasteiger partial charge in [-0.15, -0.1) is 0 Å². The molecule has 3 rings (SSSR count). The third kappa shape index (κ3) is 2.89. The highest BCUT2D eigenvalue weighted by molar-refractivity contribution is 5.79. The fourth-order valence-corrected chi connectivity index (χ4v) is 3.19. The van der Waals surface area contributed by atoms with E-state index in [9.17, 15) is 4.79 Å². The van der Waals surface area contributed by atoms with Gasteiger partial charge in [0.15, 0.2) is 0 Å². The van der Waals surface area contributed by atoms with E-state index >= 15 is 0 Å². The second kappa shape index (κ2) is 6.55. The molecule has 2 N–H and O–H groups in total. The maximum atomic E-state index is 12.2. The van der Waals surface area contributed by atoms with E-state index < -0.39 is 6.04 Å². The molecular formula is C20H23NO2. The van der Waals surface area contributed by atoms with Crippen LogP contribution in [0.15, 0.2) is 48.5 Å². The Hall–Kier alpha value is -2.13. The molecule has 0 fully saturated rings. The standard InChI is InChI=1S/C20H23NO2/c1-3-13(2)19(21)20(22)23-12-18-16-10-6-4-8-14(16)15-9-5-7-11-17(15)18/h4-11,13,18-19H,3,12,21H2,1-2H3/t13-,19-/m1/s1. The summed E-state index contributed by atoms with van der Waals surface area (Å²) in [5.41, 5.74) is 10.9. The molecule has 0 bridgehead atoms. The molecule has 0 saturated heterocycles. The maximum Gasteiger partial charge on any atom is 0.323 e. The summed E-state index contributed by atoms with van der Waals surface area (Å²) < 4.78 is 5.56. The summed E-state index contributed by atoms with van der Waals surface area (Å²) in [7, 11) is 0. The van der Waals surface area contributed by atoms with Gasteiger partial charge in [0.25, 0.3) is 0 Å². The summed E-state index contributed by atoms with van der Waals surface area (Å²) in [6, 6.07) is 16.1. The van der Waals surface area contributed by atoms with Crippen LogP contribution in [0.4, 0.5) is 0 Å². The second-order valence-electron chi connectivity index (χ2n) is 6.27. The van der Waals surface area contributed by atoms with Crippen LogP contribution in [-0.2, 0) is 9.53 Å². The normalized spacial score (nSPS) is 15.6. The van der Waals surface area contributed by atoms with Crippen molar-refractivity contribution in [2.75, 3.05) is 6.61 Å². The van der Waals surface area contributed by atoms with Crippen LogP contribution in [-0.4, -0.2) is 18.6 Å². The van der Waals surface area contributed by atoms with Crippen LogP contribution >= 0.6 is 0 Å². The summed E-state index contributed by atoms with van der Waals surface area (Å²) in [5.74, 6) is -0.0812. The van der Waals surface area contributed by atoms with Crippen molar-refractivity contribution in [1.82, 2.24) is 0 Å². The molecule has 0 radical (unpaired) electrons. The minimum Gasteiger partial charge on any atom is -0.464 e. The van der Waals surface area contributed by atoms with Gasteiger partial charge in [-0.1, -0.05) is 68.8 Å². The van der Waals surface area contributed by atoms with E-state index in [1.54, 1.807) is 0 Å². The van der Waals surface area contributed by atoms with Crippen LogP contribution in [0.5, 0.6) is 0 Å². The molecule has 0 heterocycles. The van der Waals surface area contributed by atoms with Crippen LogP contribution < -0.4 is 5.73 Å². The molecule has 2 aromatic rings. The van der Waals surface area contributed by atoms with Crippen molar-refractivity contribution in [3.63, 3.8) is 0 Å². The first-order chi connectivity index (χ1) is 11.1. The van der Waals surface area contributed by atoms with E-state index in [0.717, 1.165) is 6.42 Å². The van der Waals surface area contributed by atoms with E-state index in [2.05, 4.69) is 24.3 Å². The molecule has 120 valence electrons. The summed E-state index contributed by atoms with van der Waals surface area (Å²) in [6.45, 7) is 4.35. The quantitative estimate of drug-likeness (QED) is 0.857. The molecule has 3 nitrogen and oxygen atoms in total. The summed E-state index contributed by atoms with van der Waals surface area (Å²) in [6.07, 6.45) is 0.866. The second-order valence-corrected chi connectivity index (χ2v) is 6.27. The average molecular weight is 309 g/mol. The van der Waals surface area contributed by atoms with E-state index in [1.807, 2.05) is 38.1 Å². The Morgan fingerprint density at radius 3 is 2.13 bits per heavy atom. The van der Waals surface area contributed by atoms with E-state index in [-0.39, 0.29) is 17.8 Å². The van der Waals surface area contributed by atoms with E-state index in [1.165, 1.54) is 22.3 Å². The molecule has 1 aliphatic carbocycles. The lowest BCUT2D eigenvalue weighted by molar-refractivity contribution is -0.146. The first kappa shape index (κ1) is 15.8. The van der Waals surface area contributed by atoms with Crippen molar-refractivity contribution in [1.29, 1.82) is 0 Å². The van der Waals surface area contributed by atoms with Gasteiger partial charge in [-0.2, -0.15) is 0 Å². The van der Waals surface area contributed by atoms with Gasteiger partial charge >= 0.3 is 5.97 Å². The smallest absolute Gasteiger partial charge is 0.323 e. The van der Waals surface area contributed by atoms with Gasteiger partial charge in [0.2, 0.25) is 0 Å². The highest BCUT2D eigenvalue weighted by Crippen LogP contribution is 2.44. The SMILES string of the molecule is CC[C@@H](C)[C@@H](N)C(=O)OCC1c2ccccc2-c2ccccc21. The van der Waals surface area contributed by atoms with Crippen molar-refractivity contribution in [3.8, 4) is 11.1 Å². The van der Waals surface area contributed by atoms with Gasteiger partial charge in [0.05, 0.1) is 0 Å². The van der Waals surface area contributed by atoms with Crippen molar-refractivity contribution in [2.45, 2.75) is 32.2 Å². The predicted molar refractivity (Wildman–Crippen MR) is 92.1 cm³/mol. The molecule has 3 heteroatoms. The molecule has 0 aliphatic heterocycles. The molecule has 0 amide bonds. The molecule has 1 aliphatic rings. The Morgan fingerprint density at radius 2 is 1.61 bits per heavy atom. The number of benzene rings is 2. The molecule has 23 heavy (non-hydrogen) atoms. The van der Waals surface area contributed by atoms with Crippen LogP contribution in [0.1, 0.15) is 37.3 Å². The van der Waals surface area contributed by atoms with Gasteiger partial charge < -0.3 is 10.5 Å². The van der Waals surface area contributed by atoms with Crippen molar-refractivity contribution >= 4 is 5.97 Å². The van der Waals surface area contributed by atoms with Crippen LogP contribution in [0.3, 0.4) is 0 Å². The lowest BCUT2D eigenvalue weighted by Crippen LogP contribution is -2.38. The third-order valence-corrected chi connectivity index (χ3v) is 4.88. The Morgan fingerprint density at radius 1 is 1.09 bits per heavy atom. The van der Waals surface area contributed by atoms with E-state index in [4.69, 9.17) is 10.5 Å². The summed E-state index contributed by atoms with van der Waals surface area (Å²) in [5, 5.41) is 0. The van der Waals surface area contributed by atoms with Crippen molar-refractivity contribution in [3.05, 3.63) is 59.7 Å². The topological polar surface area (TPSA) is 52.3 Å². The zero-order valence-electron chi connectivity index (χ0n) is 13.7. The fraction of sp³-hybridized carbons (Fsp3) is 0.350. The van der Waals surface area contributed by atoms with Gasteiger partial charge in [-0.05, 0) is 28.2 Å². The third-order valence-electron chi connectivity index (χ3n) is 4.88. The summed E-state index contributed by atoms with van der Waals surface area (Å²) in [4.78, 5) is 12.2. The number of carbonyl (C=O) groups excluding carboxylic acids is 1. The Balaban J connectivity index is 1.80.